The summed E-state index contributed by atoms with van der Waals surface area (Å²) >= 11 is 12.0. The number of amides is 2. The standard InChI is InChI=1S/C15H16Cl2N2O4S/c16-11-2-1-3-12(14(11)17)18-15(21)9-6-13(20)19(7-9)10-4-5-24(22,23)8-10/h1-3,9-10H,4-8H2,(H,18,21). The van der Waals surface area contributed by atoms with Crippen molar-refractivity contribution in [3.8, 4) is 0 Å². The van der Waals surface area contributed by atoms with E-state index in [1.54, 1.807) is 18.2 Å². The number of halogens is 2. The second-order valence-electron chi connectivity index (χ2n) is 6.09. The van der Waals surface area contributed by atoms with Gasteiger partial charge in [-0.15, -0.1) is 0 Å². The Labute approximate surface area is 150 Å². The Morgan fingerprint density at radius 2 is 2.04 bits per heavy atom. The summed E-state index contributed by atoms with van der Waals surface area (Å²) in [6.45, 7) is 0.225. The monoisotopic (exact) mass is 390 g/mol. The summed E-state index contributed by atoms with van der Waals surface area (Å²) in [7, 11) is -3.08. The molecule has 0 bridgehead atoms. The number of carbonyl (C=O) groups is 2. The molecule has 1 aromatic carbocycles. The Hall–Kier alpha value is -1.31. The maximum absolute atomic E-state index is 12.4. The summed E-state index contributed by atoms with van der Waals surface area (Å²) in [6, 6.07) is 4.58. The first-order chi connectivity index (χ1) is 11.3. The van der Waals surface area contributed by atoms with Crippen LogP contribution in [-0.2, 0) is 19.4 Å². The van der Waals surface area contributed by atoms with Gasteiger partial charge in [0.25, 0.3) is 0 Å². The lowest BCUT2D eigenvalue weighted by atomic mass is 10.1. The second-order valence-corrected chi connectivity index (χ2v) is 9.11. The van der Waals surface area contributed by atoms with E-state index in [2.05, 4.69) is 5.32 Å². The molecule has 130 valence electrons. The third-order valence-electron chi connectivity index (χ3n) is 4.39. The van der Waals surface area contributed by atoms with E-state index >= 15 is 0 Å². The Morgan fingerprint density at radius 3 is 2.71 bits per heavy atom. The van der Waals surface area contributed by atoms with Gasteiger partial charge in [-0.25, -0.2) is 8.42 Å². The third kappa shape index (κ3) is 3.53. The maximum atomic E-state index is 12.4. The molecule has 3 rings (SSSR count). The van der Waals surface area contributed by atoms with Gasteiger partial charge in [0.2, 0.25) is 11.8 Å². The van der Waals surface area contributed by atoms with E-state index in [1.165, 1.54) is 4.90 Å². The van der Waals surface area contributed by atoms with E-state index in [1.807, 2.05) is 0 Å². The third-order valence-corrected chi connectivity index (χ3v) is 6.96. The van der Waals surface area contributed by atoms with E-state index in [9.17, 15) is 18.0 Å². The lowest BCUT2D eigenvalue weighted by Crippen LogP contribution is -2.38. The molecular formula is C15H16Cl2N2O4S. The molecule has 0 radical (unpaired) electrons. The Morgan fingerprint density at radius 1 is 1.29 bits per heavy atom. The molecule has 0 aliphatic carbocycles. The molecular weight excluding hydrogens is 375 g/mol. The molecule has 0 aromatic heterocycles. The minimum Gasteiger partial charge on any atom is -0.338 e. The number of sulfone groups is 1. The zero-order chi connectivity index (χ0) is 17.5. The van der Waals surface area contributed by atoms with E-state index in [0.29, 0.717) is 17.1 Å². The fourth-order valence-electron chi connectivity index (χ4n) is 3.12. The van der Waals surface area contributed by atoms with Crippen LogP contribution in [0.2, 0.25) is 10.0 Å². The molecule has 0 saturated carbocycles. The average Bonchev–Trinajstić information content (AvgIpc) is 3.06. The van der Waals surface area contributed by atoms with Crippen molar-refractivity contribution in [2.24, 2.45) is 5.92 Å². The molecule has 6 nitrogen and oxygen atoms in total. The molecule has 2 heterocycles. The number of benzene rings is 1. The van der Waals surface area contributed by atoms with Gasteiger partial charge in [-0.3, -0.25) is 9.59 Å². The number of nitrogens with zero attached hydrogens (tertiary/aromatic N) is 1. The first kappa shape index (κ1) is 17.5. The van der Waals surface area contributed by atoms with Crippen LogP contribution in [0.25, 0.3) is 0 Å². The molecule has 2 atom stereocenters. The lowest BCUT2D eigenvalue weighted by Gasteiger charge is -2.23. The quantitative estimate of drug-likeness (QED) is 0.854. The van der Waals surface area contributed by atoms with Gasteiger partial charge in [-0.2, -0.15) is 0 Å². The van der Waals surface area contributed by atoms with Crippen molar-refractivity contribution in [1.82, 2.24) is 4.90 Å². The normalized spacial score (nSPS) is 25.9. The van der Waals surface area contributed by atoms with Crippen molar-refractivity contribution in [2.45, 2.75) is 18.9 Å². The maximum Gasteiger partial charge on any atom is 0.229 e. The van der Waals surface area contributed by atoms with Crippen LogP contribution in [0.4, 0.5) is 5.69 Å². The summed E-state index contributed by atoms with van der Waals surface area (Å²) in [6.07, 6.45) is 0.503. The zero-order valence-electron chi connectivity index (χ0n) is 12.7. The SMILES string of the molecule is O=C(Nc1cccc(Cl)c1Cl)C1CC(=O)N(C2CCS(=O)(=O)C2)C1. The molecule has 2 aliphatic rings. The fourth-order valence-corrected chi connectivity index (χ4v) is 5.19. The first-order valence-corrected chi connectivity index (χ1v) is 10.1. The highest BCUT2D eigenvalue weighted by atomic mass is 35.5. The van der Waals surface area contributed by atoms with Gasteiger partial charge in [-0.1, -0.05) is 29.3 Å². The van der Waals surface area contributed by atoms with Gasteiger partial charge in [0, 0.05) is 19.0 Å². The van der Waals surface area contributed by atoms with Gasteiger partial charge in [0.05, 0.1) is 33.2 Å². The number of likely N-dealkylation sites (tertiary alicyclic amines) is 1. The number of hydrogen-bond acceptors (Lipinski definition) is 4. The summed E-state index contributed by atoms with van der Waals surface area (Å²) in [5.41, 5.74) is 0.392. The van der Waals surface area contributed by atoms with Gasteiger partial charge >= 0.3 is 0 Å². The molecule has 2 amide bonds. The molecule has 1 N–H and O–H groups in total. The van der Waals surface area contributed by atoms with Crippen molar-refractivity contribution >= 4 is 50.5 Å². The Kier molecular flexibility index (Phi) is 4.77. The van der Waals surface area contributed by atoms with Crippen LogP contribution >= 0.6 is 23.2 Å². The molecule has 1 aromatic rings. The van der Waals surface area contributed by atoms with E-state index < -0.39 is 15.8 Å². The van der Waals surface area contributed by atoms with Crippen molar-refractivity contribution < 1.29 is 18.0 Å². The lowest BCUT2D eigenvalue weighted by molar-refractivity contribution is -0.129. The summed E-state index contributed by atoms with van der Waals surface area (Å²) in [5.74, 6) is -0.968. The largest absolute Gasteiger partial charge is 0.338 e. The van der Waals surface area contributed by atoms with Crippen LogP contribution in [0.3, 0.4) is 0 Å². The average molecular weight is 391 g/mol. The van der Waals surface area contributed by atoms with Crippen LogP contribution in [0.1, 0.15) is 12.8 Å². The number of carbonyl (C=O) groups excluding carboxylic acids is 2. The topological polar surface area (TPSA) is 83.6 Å². The molecule has 24 heavy (non-hydrogen) atoms. The fraction of sp³-hybridized carbons (Fsp3) is 0.467. The highest BCUT2D eigenvalue weighted by Crippen LogP contribution is 2.31. The van der Waals surface area contributed by atoms with Gasteiger partial charge < -0.3 is 10.2 Å². The first-order valence-electron chi connectivity index (χ1n) is 7.51. The van der Waals surface area contributed by atoms with E-state index in [0.717, 1.165) is 0 Å². The molecule has 2 aliphatic heterocycles. The molecule has 9 heteroatoms. The van der Waals surface area contributed by atoms with Crippen LogP contribution < -0.4 is 5.32 Å². The predicted molar refractivity (Wildman–Crippen MR) is 92.0 cm³/mol. The van der Waals surface area contributed by atoms with Crippen molar-refractivity contribution in [1.29, 1.82) is 0 Å². The predicted octanol–water partition coefficient (Wildman–Crippen LogP) is 1.97. The summed E-state index contributed by atoms with van der Waals surface area (Å²) in [4.78, 5) is 26.1. The Bertz CT molecular complexity index is 797. The number of anilines is 1. The van der Waals surface area contributed by atoms with Gasteiger partial charge in [0.15, 0.2) is 9.84 Å². The van der Waals surface area contributed by atoms with Crippen LogP contribution in [-0.4, -0.2) is 49.2 Å². The summed E-state index contributed by atoms with van der Waals surface area (Å²) in [5, 5.41) is 3.26. The highest BCUT2D eigenvalue weighted by molar-refractivity contribution is 7.91. The smallest absolute Gasteiger partial charge is 0.229 e. The number of rotatable bonds is 3. The molecule has 2 fully saturated rings. The Balaban J connectivity index is 1.67. The molecule has 0 spiro atoms. The minimum atomic E-state index is -3.08. The van der Waals surface area contributed by atoms with Crippen LogP contribution in [0.5, 0.6) is 0 Å². The minimum absolute atomic E-state index is 0.0206. The van der Waals surface area contributed by atoms with Crippen LogP contribution in [0, 0.1) is 5.92 Å². The summed E-state index contributed by atoms with van der Waals surface area (Å²) < 4.78 is 23.2. The zero-order valence-corrected chi connectivity index (χ0v) is 15.0. The van der Waals surface area contributed by atoms with Gasteiger partial charge in [-0.05, 0) is 18.6 Å². The van der Waals surface area contributed by atoms with Crippen molar-refractivity contribution in [2.75, 3.05) is 23.4 Å². The van der Waals surface area contributed by atoms with Crippen LogP contribution in [0.15, 0.2) is 18.2 Å². The molecule has 2 unspecified atom stereocenters. The molecule has 2 saturated heterocycles. The number of hydrogen-bond donors (Lipinski definition) is 1. The highest BCUT2D eigenvalue weighted by Gasteiger charge is 2.41. The van der Waals surface area contributed by atoms with Crippen molar-refractivity contribution in [3.05, 3.63) is 28.2 Å². The number of nitrogens with one attached hydrogen (secondary N) is 1. The second kappa shape index (κ2) is 6.54. The van der Waals surface area contributed by atoms with E-state index in [4.69, 9.17) is 23.2 Å². The van der Waals surface area contributed by atoms with Gasteiger partial charge in [0.1, 0.15) is 0 Å². The van der Waals surface area contributed by atoms with E-state index in [-0.39, 0.29) is 47.4 Å². The van der Waals surface area contributed by atoms with Crippen molar-refractivity contribution in [3.63, 3.8) is 0 Å².